The first kappa shape index (κ1) is 23.3. The van der Waals surface area contributed by atoms with Crippen LogP contribution in [0.4, 0.5) is 11.4 Å². The van der Waals surface area contributed by atoms with Gasteiger partial charge < -0.3 is 10.1 Å². The molecule has 1 aromatic heterocycles. The molecule has 1 N–H and O–H groups in total. The normalized spacial score (nSPS) is 12.1. The minimum atomic E-state index is -3.34. The Morgan fingerprint density at radius 2 is 1.59 bits per heavy atom. The molecule has 1 amide bonds. The highest BCUT2D eigenvalue weighted by Crippen LogP contribution is 2.22. The summed E-state index contributed by atoms with van der Waals surface area (Å²) < 4.78 is 30.3. The number of anilines is 2. The number of carbonyl (C=O) groups is 1. The molecule has 1 unspecified atom stereocenters. The van der Waals surface area contributed by atoms with Crippen molar-refractivity contribution in [2.45, 2.75) is 25.9 Å². The summed E-state index contributed by atoms with van der Waals surface area (Å²) in [5.41, 5.74) is 3.52. The van der Waals surface area contributed by atoms with E-state index in [1.54, 1.807) is 36.7 Å². The molecule has 0 saturated heterocycles. The van der Waals surface area contributed by atoms with E-state index in [9.17, 15) is 13.2 Å². The van der Waals surface area contributed by atoms with Crippen molar-refractivity contribution in [3.05, 3.63) is 84.2 Å². The van der Waals surface area contributed by atoms with Gasteiger partial charge in [-0.15, -0.1) is 0 Å². The third-order valence-electron chi connectivity index (χ3n) is 5.02. The zero-order valence-electron chi connectivity index (χ0n) is 18.4. The topological polar surface area (TPSA) is 88.6 Å². The maximum atomic E-state index is 12.7. The van der Waals surface area contributed by atoms with E-state index < -0.39 is 16.1 Å². The molecule has 2 aromatic carbocycles. The lowest BCUT2D eigenvalue weighted by atomic mass is 10.1. The highest BCUT2D eigenvalue weighted by atomic mass is 32.2. The summed E-state index contributed by atoms with van der Waals surface area (Å²) in [4.78, 5) is 16.7. The van der Waals surface area contributed by atoms with Gasteiger partial charge in [-0.2, -0.15) is 0 Å². The monoisotopic (exact) mass is 453 g/mol. The fraction of sp³-hybridized carbons (Fsp3) is 0.250. The molecular weight excluding hydrogens is 426 g/mol. The largest absolute Gasteiger partial charge is 0.481 e. The standard InChI is InChI=1S/C24H27N3O4S/c1-4-23(31-22-11-9-21(10-12-22)27(2)32(3,29)30)24(28)26-20-7-5-18(6-8-20)17-19-13-15-25-16-14-19/h5-16,23H,4,17H2,1-3H3,(H,26,28). The van der Waals surface area contributed by atoms with Gasteiger partial charge in [0.15, 0.2) is 6.10 Å². The van der Waals surface area contributed by atoms with Crippen molar-refractivity contribution in [3.63, 3.8) is 0 Å². The number of rotatable bonds is 9. The highest BCUT2D eigenvalue weighted by molar-refractivity contribution is 7.92. The lowest BCUT2D eigenvalue weighted by molar-refractivity contribution is -0.122. The second-order valence-electron chi connectivity index (χ2n) is 7.46. The number of ether oxygens (including phenoxy) is 1. The number of nitrogens with zero attached hydrogens (tertiary/aromatic N) is 2. The fourth-order valence-corrected chi connectivity index (χ4v) is 3.58. The Bertz CT molecular complexity index is 1130. The molecule has 168 valence electrons. The van der Waals surface area contributed by atoms with Crippen LogP contribution >= 0.6 is 0 Å². The summed E-state index contributed by atoms with van der Waals surface area (Å²) in [6.45, 7) is 1.87. The van der Waals surface area contributed by atoms with Crippen LogP contribution in [0.1, 0.15) is 24.5 Å². The molecule has 32 heavy (non-hydrogen) atoms. The summed E-state index contributed by atoms with van der Waals surface area (Å²) >= 11 is 0. The van der Waals surface area contributed by atoms with Gasteiger partial charge in [-0.1, -0.05) is 19.1 Å². The van der Waals surface area contributed by atoms with E-state index in [4.69, 9.17) is 4.74 Å². The molecule has 8 heteroatoms. The molecule has 0 spiro atoms. The Kier molecular flexibility index (Phi) is 7.48. The van der Waals surface area contributed by atoms with E-state index in [1.807, 2.05) is 43.3 Å². The van der Waals surface area contributed by atoms with Gasteiger partial charge in [0, 0.05) is 25.1 Å². The number of benzene rings is 2. The van der Waals surface area contributed by atoms with Crippen molar-refractivity contribution in [2.24, 2.45) is 0 Å². The van der Waals surface area contributed by atoms with Gasteiger partial charge in [-0.05, 0) is 72.5 Å². The van der Waals surface area contributed by atoms with E-state index >= 15 is 0 Å². The average Bonchev–Trinajstić information content (AvgIpc) is 2.78. The van der Waals surface area contributed by atoms with E-state index in [-0.39, 0.29) is 5.91 Å². The maximum Gasteiger partial charge on any atom is 0.265 e. The number of amides is 1. The highest BCUT2D eigenvalue weighted by Gasteiger charge is 2.19. The van der Waals surface area contributed by atoms with Crippen LogP contribution in [0.25, 0.3) is 0 Å². The van der Waals surface area contributed by atoms with Crippen LogP contribution in [0.3, 0.4) is 0 Å². The number of carbonyl (C=O) groups excluding carboxylic acids is 1. The van der Waals surface area contributed by atoms with Gasteiger partial charge >= 0.3 is 0 Å². The molecule has 3 rings (SSSR count). The fourth-order valence-electron chi connectivity index (χ4n) is 3.08. The first-order valence-corrected chi connectivity index (χ1v) is 12.1. The number of hydrogen-bond donors (Lipinski definition) is 1. The zero-order chi connectivity index (χ0) is 23.1. The van der Waals surface area contributed by atoms with Gasteiger partial charge in [0.2, 0.25) is 10.0 Å². The van der Waals surface area contributed by atoms with Gasteiger partial charge in [-0.3, -0.25) is 14.1 Å². The molecule has 0 bridgehead atoms. The zero-order valence-corrected chi connectivity index (χ0v) is 19.2. The minimum absolute atomic E-state index is 0.244. The van der Waals surface area contributed by atoms with Crippen LogP contribution in [0, 0.1) is 0 Å². The van der Waals surface area contributed by atoms with Crippen molar-refractivity contribution >= 4 is 27.3 Å². The second kappa shape index (κ2) is 10.3. The van der Waals surface area contributed by atoms with Crippen LogP contribution in [0.2, 0.25) is 0 Å². The Morgan fingerprint density at radius 1 is 1.00 bits per heavy atom. The van der Waals surface area contributed by atoms with Gasteiger partial charge in [0.1, 0.15) is 5.75 Å². The SMILES string of the molecule is CCC(Oc1ccc(N(C)S(C)(=O)=O)cc1)C(=O)Nc1ccc(Cc2ccncc2)cc1. The first-order chi connectivity index (χ1) is 15.3. The van der Waals surface area contributed by atoms with Crippen LogP contribution in [0.5, 0.6) is 5.75 Å². The van der Waals surface area contributed by atoms with Crippen LogP contribution in [-0.2, 0) is 21.2 Å². The van der Waals surface area contributed by atoms with Gasteiger partial charge in [0.25, 0.3) is 5.91 Å². The summed E-state index contributed by atoms with van der Waals surface area (Å²) in [6.07, 6.45) is 5.28. The summed E-state index contributed by atoms with van der Waals surface area (Å²) in [5.74, 6) is 0.247. The number of nitrogens with one attached hydrogen (secondary N) is 1. The first-order valence-electron chi connectivity index (χ1n) is 10.3. The molecular formula is C24H27N3O4S. The third-order valence-corrected chi connectivity index (χ3v) is 6.22. The van der Waals surface area contributed by atoms with Crippen molar-refractivity contribution < 1.29 is 17.9 Å². The number of hydrogen-bond acceptors (Lipinski definition) is 5. The number of aromatic nitrogens is 1. The lowest BCUT2D eigenvalue weighted by Gasteiger charge is -2.19. The summed E-state index contributed by atoms with van der Waals surface area (Å²) in [6, 6.07) is 18.2. The van der Waals surface area contributed by atoms with E-state index in [0.717, 1.165) is 18.2 Å². The van der Waals surface area contributed by atoms with Crippen LogP contribution in [0.15, 0.2) is 73.1 Å². The summed E-state index contributed by atoms with van der Waals surface area (Å²) in [7, 11) is -1.86. The molecule has 1 atom stereocenters. The second-order valence-corrected chi connectivity index (χ2v) is 9.47. The maximum absolute atomic E-state index is 12.7. The van der Waals surface area contributed by atoms with Crippen molar-refractivity contribution in [3.8, 4) is 5.75 Å². The molecule has 0 aliphatic carbocycles. The van der Waals surface area contributed by atoms with Crippen molar-refractivity contribution in [1.82, 2.24) is 4.98 Å². The lowest BCUT2D eigenvalue weighted by Crippen LogP contribution is -2.32. The Hall–Kier alpha value is -3.39. The van der Waals surface area contributed by atoms with Crippen LogP contribution in [-0.4, -0.2) is 38.7 Å². The van der Waals surface area contributed by atoms with Crippen LogP contribution < -0.4 is 14.4 Å². The Balaban J connectivity index is 1.60. The van der Waals surface area contributed by atoms with E-state index in [0.29, 0.717) is 23.5 Å². The van der Waals surface area contributed by atoms with E-state index in [2.05, 4.69) is 10.3 Å². The Morgan fingerprint density at radius 3 is 2.16 bits per heavy atom. The number of sulfonamides is 1. The molecule has 7 nitrogen and oxygen atoms in total. The average molecular weight is 454 g/mol. The molecule has 3 aromatic rings. The molecule has 0 radical (unpaired) electrons. The van der Waals surface area contributed by atoms with Crippen molar-refractivity contribution in [2.75, 3.05) is 22.9 Å². The predicted octanol–water partition coefficient (Wildman–Crippen LogP) is 3.86. The quantitative estimate of drug-likeness (QED) is 0.531. The molecule has 0 fully saturated rings. The predicted molar refractivity (Wildman–Crippen MR) is 127 cm³/mol. The molecule has 1 heterocycles. The number of pyridine rings is 1. The Labute approximate surface area is 189 Å². The summed E-state index contributed by atoms with van der Waals surface area (Å²) in [5, 5.41) is 2.89. The smallest absolute Gasteiger partial charge is 0.265 e. The van der Waals surface area contributed by atoms with E-state index in [1.165, 1.54) is 16.9 Å². The molecule has 0 aliphatic heterocycles. The van der Waals surface area contributed by atoms with Gasteiger partial charge in [0.05, 0.1) is 11.9 Å². The molecule has 0 aliphatic rings. The molecule has 0 saturated carbocycles. The van der Waals surface area contributed by atoms with Crippen molar-refractivity contribution in [1.29, 1.82) is 0 Å². The van der Waals surface area contributed by atoms with Gasteiger partial charge in [-0.25, -0.2) is 8.42 Å². The minimum Gasteiger partial charge on any atom is -0.481 e. The third kappa shape index (κ3) is 6.31.